The molecule has 2 saturated heterocycles. The highest BCUT2D eigenvalue weighted by Gasteiger charge is 2.24. The number of aromatic nitrogens is 1. The highest BCUT2D eigenvalue weighted by molar-refractivity contribution is 5.76. The lowest BCUT2D eigenvalue weighted by molar-refractivity contribution is -0.130. The van der Waals surface area contributed by atoms with Crippen molar-refractivity contribution in [3.8, 4) is 0 Å². The van der Waals surface area contributed by atoms with Crippen LogP contribution in [0.1, 0.15) is 12.8 Å². The van der Waals surface area contributed by atoms with E-state index in [0.717, 1.165) is 58.1 Å². The Labute approximate surface area is 131 Å². The SMILES string of the molecule is NC1CCN(C(=O)CCN2CCN(c3ccccn3)CC2)C1. The van der Waals surface area contributed by atoms with E-state index in [9.17, 15) is 4.79 Å². The van der Waals surface area contributed by atoms with Gasteiger partial charge in [-0.25, -0.2) is 4.98 Å². The molecule has 3 heterocycles. The van der Waals surface area contributed by atoms with Gasteiger partial charge in [-0.05, 0) is 18.6 Å². The number of hydrogen-bond acceptors (Lipinski definition) is 5. The minimum Gasteiger partial charge on any atom is -0.354 e. The summed E-state index contributed by atoms with van der Waals surface area (Å²) in [7, 11) is 0. The standard InChI is InChI=1S/C16H25N5O/c17-14-4-8-21(13-14)16(22)5-7-19-9-11-20(12-10-19)15-3-1-2-6-18-15/h1-3,6,14H,4-5,7-13,17H2. The molecule has 1 aromatic rings. The summed E-state index contributed by atoms with van der Waals surface area (Å²) in [6.07, 6.45) is 3.38. The molecule has 2 aliphatic heterocycles. The second-order valence-corrected chi connectivity index (χ2v) is 6.16. The van der Waals surface area contributed by atoms with E-state index in [1.807, 2.05) is 23.2 Å². The topological polar surface area (TPSA) is 65.7 Å². The van der Waals surface area contributed by atoms with Crippen molar-refractivity contribution in [2.45, 2.75) is 18.9 Å². The Morgan fingerprint density at radius 3 is 2.68 bits per heavy atom. The fraction of sp³-hybridized carbons (Fsp3) is 0.625. The van der Waals surface area contributed by atoms with Crippen LogP contribution in [0.2, 0.25) is 0 Å². The van der Waals surface area contributed by atoms with Crippen LogP contribution in [0.5, 0.6) is 0 Å². The first kappa shape index (κ1) is 15.2. The van der Waals surface area contributed by atoms with Crippen LogP contribution in [0.3, 0.4) is 0 Å². The number of piperazine rings is 1. The molecule has 1 amide bonds. The molecule has 6 heteroatoms. The van der Waals surface area contributed by atoms with Gasteiger partial charge in [-0.1, -0.05) is 6.07 Å². The molecule has 22 heavy (non-hydrogen) atoms. The molecule has 0 spiro atoms. The van der Waals surface area contributed by atoms with Crippen molar-refractivity contribution in [3.63, 3.8) is 0 Å². The van der Waals surface area contributed by atoms with Gasteiger partial charge in [0.05, 0.1) is 0 Å². The van der Waals surface area contributed by atoms with E-state index in [1.54, 1.807) is 0 Å². The smallest absolute Gasteiger partial charge is 0.223 e. The second kappa shape index (κ2) is 7.07. The Hall–Kier alpha value is -1.66. The number of hydrogen-bond donors (Lipinski definition) is 1. The van der Waals surface area contributed by atoms with Gasteiger partial charge in [0.1, 0.15) is 5.82 Å². The van der Waals surface area contributed by atoms with Gasteiger partial charge in [0.15, 0.2) is 0 Å². The Balaban J connectivity index is 1.40. The molecule has 2 N–H and O–H groups in total. The molecule has 2 aliphatic rings. The lowest BCUT2D eigenvalue weighted by Gasteiger charge is -2.35. The number of rotatable bonds is 4. The minimum absolute atomic E-state index is 0.172. The number of pyridine rings is 1. The molecule has 6 nitrogen and oxygen atoms in total. The number of anilines is 1. The second-order valence-electron chi connectivity index (χ2n) is 6.16. The molecule has 3 rings (SSSR count). The zero-order valence-electron chi connectivity index (χ0n) is 13.0. The highest BCUT2D eigenvalue weighted by Crippen LogP contribution is 2.13. The molecular formula is C16H25N5O. The molecule has 1 unspecified atom stereocenters. The first-order valence-corrected chi connectivity index (χ1v) is 8.14. The molecule has 0 radical (unpaired) electrons. The van der Waals surface area contributed by atoms with Gasteiger partial charge < -0.3 is 15.5 Å². The minimum atomic E-state index is 0.172. The summed E-state index contributed by atoms with van der Waals surface area (Å²) in [4.78, 5) is 23.1. The zero-order valence-corrected chi connectivity index (χ0v) is 13.0. The van der Waals surface area contributed by atoms with E-state index >= 15 is 0 Å². The van der Waals surface area contributed by atoms with Gasteiger partial charge in [-0.2, -0.15) is 0 Å². The normalized spacial score (nSPS) is 23.0. The maximum absolute atomic E-state index is 12.1. The van der Waals surface area contributed by atoms with Crippen molar-refractivity contribution in [2.75, 3.05) is 50.7 Å². The van der Waals surface area contributed by atoms with Crippen LogP contribution in [0, 0.1) is 0 Å². The van der Waals surface area contributed by atoms with E-state index < -0.39 is 0 Å². The quantitative estimate of drug-likeness (QED) is 0.858. The summed E-state index contributed by atoms with van der Waals surface area (Å²) < 4.78 is 0. The number of amides is 1. The summed E-state index contributed by atoms with van der Waals surface area (Å²) in [6.45, 7) is 6.33. The fourth-order valence-electron chi connectivity index (χ4n) is 3.17. The molecule has 0 aliphatic carbocycles. The summed E-state index contributed by atoms with van der Waals surface area (Å²) in [5.41, 5.74) is 5.86. The third kappa shape index (κ3) is 3.75. The van der Waals surface area contributed by atoms with Gasteiger partial charge in [-0.15, -0.1) is 0 Å². The average molecular weight is 303 g/mol. The van der Waals surface area contributed by atoms with Crippen molar-refractivity contribution in [1.82, 2.24) is 14.8 Å². The van der Waals surface area contributed by atoms with Crippen LogP contribution >= 0.6 is 0 Å². The molecule has 1 atom stereocenters. The number of nitrogens with two attached hydrogens (primary N) is 1. The third-order valence-electron chi connectivity index (χ3n) is 4.56. The summed E-state index contributed by atoms with van der Waals surface area (Å²) in [6, 6.07) is 6.19. The van der Waals surface area contributed by atoms with Crippen LogP contribution in [-0.4, -0.2) is 72.5 Å². The van der Waals surface area contributed by atoms with Crippen LogP contribution in [-0.2, 0) is 4.79 Å². The van der Waals surface area contributed by atoms with Crippen molar-refractivity contribution < 1.29 is 4.79 Å². The molecule has 2 fully saturated rings. The molecule has 0 saturated carbocycles. The summed E-state index contributed by atoms with van der Waals surface area (Å²) in [5, 5.41) is 0. The van der Waals surface area contributed by atoms with Crippen LogP contribution in [0.25, 0.3) is 0 Å². The van der Waals surface area contributed by atoms with Gasteiger partial charge >= 0.3 is 0 Å². The fourth-order valence-corrected chi connectivity index (χ4v) is 3.17. The van der Waals surface area contributed by atoms with Crippen molar-refractivity contribution in [1.29, 1.82) is 0 Å². The van der Waals surface area contributed by atoms with Crippen molar-refractivity contribution >= 4 is 11.7 Å². The monoisotopic (exact) mass is 303 g/mol. The van der Waals surface area contributed by atoms with E-state index in [4.69, 9.17) is 5.73 Å². The van der Waals surface area contributed by atoms with E-state index in [2.05, 4.69) is 20.9 Å². The maximum Gasteiger partial charge on any atom is 0.223 e. The van der Waals surface area contributed by atoms with Gasteiger partial charge in [0, 0.05) is 64.5 Å². The average Bonchev–Trinajstić information content (AvgIpc) is 3.00. The van der Waals surface area contributed by atoms with Gasteiger partial charge in [0.25, 0.3) is 0 Å². The molecule has 120 valence electrons. The first-order valence-electron chi connectivity index (χ1n) is 8.14. The molecule has 0 bridgehead atoms. The zero-order chi connectivity index (χ0) is 15.4. The summed E-state index contributed by atoms with van der Waals surface area (Å²) in [5.74, 6) is 1.30. The molecule has 0 aromatic carbocycles. The Morgan fingerprint density at radius 1 is 1.23 bits per heavy atom. The largest absolute Gasteiger partial charge is 0.354 e. The van der Waals surface area contributed by atoms with Crippen molar-refractivity contribution in [2.24, 2.45) is 5.73 Å². The Kier molecular flexibility index (Phi) is 4.90. The summed E-state index contributed by atoms with van der Waals surface area (Å²) >= 11 is 0. The van der Waals surface area contributed by atoms with Gasteiger partial charge in [-0.3, -0.25) is 9.69 Å². The number of likely N-dealkylation sites (tertiary alicyclic amines) is 1. The maximum atomic E-state index is 12.1. The van der Waals surface area contributed by atoms with Crippen LogP contribution in [0.4, 0.5) is 5.82 Å². The van der Waals surface area contributed by atoms with E-state index in [-0.39, 0.29) is 11.9 Å². The first-order chi connectivity index (χ1) is 10.7. The lowest BCUT2D eigenvalue weighted by Crippen LogP contribution is -2.47. The lowest BCUT2D eigenvalue weighted by atomic mass is 10.2. The van der Waals surface area contributed by atoms with Gasteiger partial charge in [0.2, 0.25) is 5.91 Å². The van der Waals surface area contributed by atoms with Crippen LogP contribution in [0.15, 0.2) is 24.4 Å². The highest BCUT2D eigenvalue weighted by atomic mass is 16.2. The van der Waals surface area contributed by atoms with Crippen molar-refractivity contribution in [3.05, 3.63) is 24.4 Å². The number of carbonyl (C=O) groups is 1. The Morgan fingerprint density at radius 2 is 2.05 bits per heavy atom. The Bertz CT molecular complexity index is 487. The predicted octanol–water partition coefficient (Wildman–Crippen LogP) is 0.153. The van der Waals surface area contributed by atoms with E-state index in [0.29, 0.717) is 6.42 Å². The number of nitrogens with zero attached hydrogens (tertiary/aromatic N) is 4. The number of carbonyl (C=O) groups excluding carboxylic acids is 1. The predicted molar refractivity (Wildman–Crippen MR) is 86.7 cm³/mol. The van der Waals surface area contributed by atoms with E-state index in [1.165, 1.54) is 0 Å². The third-order valence-corrected chi connectivity index (χ3v) is 4.56. The molecule has 1 aromatic heterocycles. The van der Waals surface area contributed by atoms with Crippen LogP contribution < -0.4 is 10.6 Å². The molecular weight excluding hydrogens is 278 g/mol.